The second-order valence-electron chi connectivity index (χ2n) is 4.15. The maximum atomic E-state index is 5.71. The molecule has 14 heavy (non-hydrogen) atoms. The van der Waals surface area contributed by atoms with E-state index in [2.05, 4.69) is 0 Å². The van der Waals surface area contributed by atoms with Crippen molar-refractivity contribution < 1.29 is 18.9 Å². The van der Waals surface area contributed by atoms with E-state index in [0.717, 1.165) is 26.1 Å². The molecule has 0 aromatic rings. The standard InChI is InChI=1S/C10H18O4/c1-9(4-7-11-8-14-9)10(2)12-5-3-6-13-10/h3-8H2,1-2H3. The van der Waals surface area contributed by atoms with Crippen molar-refractivity contribution in [1.29, 1.82) is 0 Å². The molecule has 1 atom stereocenters. The van der Waals surface area contributed by atoms with Crippen LogP contribution in [0.25, 0.3) is 0 Å². The van der Waals surface area contributed by atoms with Gasteiger partial charge < -0.3 is 18.9 Å². The topological polar surface area (TPSA) is 36.9 Å². The lowest BCUT2D eigenvalue weighted by atomic mass is 9.91. The molecule has 0 spiro atoms. The molecule has 0 N–H and O–H groups in total. The highest BCUT2D eigenvalue weighted by Gasteiger charge is 2.50. The Morgan fingerprint density at radius 1 is 0.929 bits per heavy atom. The van der Waals surface area contributed by atoms with E-state index < -0.39 is 5.79 Å². The van der Waals surface area contributed by atoms with E-state index in [-0.39, 0.29) is 5.60 Å². The Morgan fingerprint density at radius 3 is 2.21 bits per heavy atom. The second-order valence-corrected chi connectivity index (χ2v) is 4.15. The molecular weight excluding hydrogens is 184 g/mol. The Hall–Kier alpha value is -0.160. The van der Waals surface area contributed by atoms with Crippen LogP contribution in [0.3, 0.4) is 0 Å². The highest BCUT2D eigenvalue weighted by atomic mass is 16.8. The summed E-state index contributed by atoms with van der Waals surface area (Å²) in [4.78, 5) is 0. The van der Waals surface area contributed by atoms with Gasteiger partial charge in [-0.25, -0.2) is 0 Å². The van der Waals surface area contributed by atoms with Crippen LogP contribution < -0.4 is 0 Å². The van der Waals surface area contributed by atoms with E-state index in [9.17, 15) is 0 Å². The molecule has 2 aliphatic rings. The van der Waals surface area contributed by atoms with E-state index in [1.165, 1.54) is 0 Å². The molecular formula is C10H18O4. The first-order chi connectivity index (χ1) is 6.66. The van der Waals surface area contributed by atoms with Gasteiger partial charge >= 0.3 is 0 Å². The number of hydrogen-bond donors (Lipinski definition) is 0. The zero-order valence-corrected chi connectivity index (χ0v) is 8.88. The van der Waals surface area contributed by atoms with Gasteiger partial charge in [-0.05, 0) is 20.3 Å². The smallest absolute Gasteiger partial charge is 0.194 e. The van der Waals surface area contributed by atoms with Crippen molar-refractivity contribution in [2.45, 2.75) is 38.1 Å². The fraction of sp³-hybridized carbons (Fsp3) is 1.00. The van der Waals surface area contributed by atoms with Gasteiger partial charge in [0.2, 0.25) is 0 Å². The van der Waals surface area contributed by atoms with Gasteiger partial charge in [0.1, 0.15) is 12.4 Å². The van der Waals surface area contributed by atoms with Crippen LogP contribution >= 0.6 is 0 Å². The molecule has 4 heteroatoms. The first kappa shape index (κ1) is 10.4. The van der Waals surface area contributed by atoms with Gasteiger partial charge in [0.05, 0.1) is 19.8 Å². The fourth-order valence-electron chi connectivity index (χ4n) is 1.87. The van der Waals surface area contributed by atoms with E-state index in [1.54, 1.807) is 0 Å². The van der Waals surface area contributed by atoms with Gasteiger partial charge in [-0.2, -0.15) is 0 Å². The van der Waals surface area contributed by atoms with Gasteiger partial charge in [-0.3, -0.25) is 0 Å². The van der Waals surface area contributed by atoms with E-state index >= 15 is 0 Å². The van der Waals surface area contributed by atoms with Crippen molar-refractivity contribution in [2.75, 3.05) is 26.6 Å². The minimum Gasteiger partial charge on any atom is -0.355 e. The number of hydrogen-bond acceptors (Lipinski definition) is 4. The van der Waals surface area contributed by atoms with E-state index in [1.807, 2.05) is 13.8 Å². The Bertz CT molecular complexity index is 170. The third-order valence-corrected chi connectivity index (χ3v) is 3.19. The van der Waals surface area contributed by atoms with Crippen LogP contribution in [-0.2, 0) is 18.9 Å². The summed E-state index contributed by atoms with van der Waals surface area (Å²) in [6.45, 7) is 6.52. The Labute approximate surface area is 84.5 Å². The van der Waals surface area contributed by atoms with Gasteiger partial charge in [0.25, 0.3) is 0 Å². The highest BCUT2D eigenvalue weighted by Crippen LogP contribution is 2.37. The maximum Gasteiger partial charge on any atom is 0.194 e. The Balaban J connectivity index is 2.09. The van der Waals surface area contributed by atoms with Gasteiger partial charge in [0, 0.05) is 6.42 Å². The van der Waals surface area contributed by atoms with Crippen molar-refractivity contribution in [3.05, 3.63) is 0 Å². The Morgan fingerprint density at radius 2 is 1.64 bits per heavy atom. The summed E-state index contributed by atoms with van der Waals surface area (Å²) in [5, 5.41) is 0. The summed E-state index contributed by atoms with van der Waals surface area (Å²) in [7, 11) is 0. The molecule has 2 heterocycles. The quantitative estimate of drug-likeness (QED) is 0.642. The zero-order valence-electron chi connectivity index (χ0n) is 8.88. The molecule has 2 aliphatic heterocycles. The average molecular weight is 202 g/mol. The second kappa shape index (κ2) is 3.77. The summed E-state index contributed by atoms with van der Waals surface area (Å²) in [6.07, 6.45) is 1.77. The molecule has 0 saturated carbocycles. The molecule has 0 aliphatic carbocycles. The lowest BCUT2D eigenvalue weighted by molar-refractivity contribution is -0.364. The van der Waals surface area contributed by atoms with Crippen molar-refractivity contribution in [1.82, 2.24) is 0 Å². The molecule has 2 fully saturated rings. The summed E-state index contributed by atoms with van der Waals surface area (Å²) in [5.41, 5.74) is -0.383. The molecule has 4 nitrogen and oxygen atoms in total. The minimum atomic E-state index is -0.616. The Kier molecular flexibility index (Phi) is 2.79. The number of ether oxygens (including phenoxy) is 4. The van der Waals surface area contributed by atoms with E-state index in [4.69, 9.17) is 18.9 Å². The zero-order chi connectivity index (χ0) is 10.1. The van der Waals surface area contributed by atoms with Gasteiger partial charge in [-0.15, -0.1) is 0 Å². The van der Waals surface area contributed by atoms with Gasteiger partial charge in [0.15, 0.2) is 5.79 Å². The number of rotatable bonds is 1. The summed E-state index contributed by atoms with van der Waals surface area (Å²) in [5.74, 6) is -0.616. The molecule has 0 aromatic carbocycles. The molecule has 2 saturated heterocycles. The third kappa shape index (κ3) is 1.67. The molecule has 1 unspecified atom stereocenters. The summed E-state index contributed by atoms with van der Waals surface area (Å²) in [6, 6.07) is 0. The monoisotopic (exact) mass is 202 g/mol. The van der Waals surface area contributed by atoms with Crippen LogP contribution in [0.1, 0.15) is 26.7 Å². The molecule has 0 amide bonds. The van der Waals surface area contributed by atoms with Crippen molar-refractivity contribution in [3.63, 3.8) is 0 Å². The first-order valence-electron chi connectivity index (χ1n) is 5.16. The normalized spacial score (nSPS) is 38.1. The fourth-order valence-corrected chi connectivity index (χ4v) is 1.87. The van der Waals surface area contributed by atoms with Crippen LogP contribution in [0, 0.1) is 0 Å². The molecule has 2 rings (SSSR count). The lowest BCUT2D eigenvalue weighted by Crippen LogP contribution is -2.59. The van der Waals surface area contributed by atoms with Crippen LogP contribution in [-0.4, -0.2) is 38.0 Å². The predicted octanol–water partition coefficient (Wildman–Crippen LogP) is 1.29. The van der Waals surface area contributed by atoms with Crippen molar-refractivity contribution >= 4 is 0 Å². The summed E-state index contributed by atoms with van der Waals surface area (Å²) < 4.78 is 22.2. The molecule has 0 bridgehead atoms. The van der Waals surface area contributed by atoms with Crippen LogP contribution in [0.2, 0.25) is 0 Å². The lowest BCUT2D eigenvalue weighted by Gasteiger charge is -2.48. The predicted molar refractivity (Wildman–Crippen MR) is 49.9 cm³/mol. The first-order valence-corrected chi connectivity index (χ1v) is 5.16. The van der Waals surface area contributed by atoms with Crippen molar-refractivity contribution in [3.8, 4) is 0 Å². The average Bonchev–Trinajstić information content (AvgIpc) is 2.20. The largest absolute Gasteiger partial charge is 0.355 e. The van der Waals surface area contributed by atoms with Crippen LogP contribution in [0.15, 0.2) is 0 Å². The molecule has 82 valence electrons. The molecule has 0 aromatic heterocycles. The third-order valence-electron chi connectivity index (χ3n) is 3.19. The minimum absolute atomic E-state index is 0.332. The van der Waals surface area contributed by atoms with Crippen LogP contribution in [0.4, 0.5) is 0 Å². The van der Waals surface area contributed by atoms with Crippen LogP contribution in [0.5, 0.6) is 0 Å². The van der Waals surface area contributed by atoms with Crippen molar-refractivity contribution in [2.24, 2.45) is 0 Å². The highest BCUT2D eigenvalue weighted by molar-refractivity contribution is 4.92. The molecule has 0 radical (unpaired) electrons. The maximum absolute atomic E-state index is 5.71. The van der Waals surface area contributed by atoms with Gasteiger partial charge in [-0.1, -0.05) is 0 Å². The SMILES string of the molecule is CC1(C2(C)OCCCO2)CCOCO1. The van der Waals surface area contributed by atoms with E-state index in [0.29, 0.717) is 13.4 Å². The summed E-state index contributed by atoms with van der Waals surface area (Å²) >= 11 is 0.